The largest absolute Gasteiger partial charge is 0.491 e. The molecule has 0 unspecified atom stereocenters. The van der Waals surface area contributed by atoms with Gasteiger partial charge in [0.05, 0.1) is 22.7 Å². The topological polar surface area (TPSA) is 58.9 Å². The number of hydrogen-bond donors (Lipinski definition) is 1. The minimum absolute atomic E-state index is 0.0352. The average Bonchev–Trinajstić information content (AvgIpc) is 3.33. The third-order valence-electron chi connectivity index (χ3n) is 6.27. The summed E-state index contributed by atoms with van der Waals surface area (Å²) in [4.78, 5) is 20.1. The van der Waals surface area contributed by atoms with Crippen molar-refractivity contribution in [3.8, 4) is 5.75 Å². The maximum Gasteiger partial charge on any atom is 0.223 e. The highest BCUT2D eigenvalue weighted by Crippen LogP contribution is 2.29. The van der Waals surface area contributed by atoms with E-state index in [2.05, 4.69) is 45.1 Å². The first-order valence-electron chi connectivity index (χ1n) is 11.7. The minimum Gasteiger partial charge on any atom is -0.491 e. The molecule has 1 fully saturated rings. The van der Waals surface area contributed by atoms with Crippen LogP contribution in [-0.2, 0) is 11.3 Å². The monoisotopic (exact) mass is 442 g/mol. The van der Waals surface area contributed by atoms with Crippen LogP contribution in [-0.4, -0.2) is 34.5 Å². The van der Waals surface area contributed by atoms with E-state index in [0.29, 0.717) is 6.54 Å². The Kier molecular flexibility index (Phi) is 5.90. The zero-order chi connectivity index (χ0) is 22.8. The second-order valence-electron chi connectivity index (χ2n) is 8.98. The Bertz CT molecular complexity index is 1250. The Hall–Kier alpha value is -3.54. The zero-order valence-corrected chi connectivity index (χ0v) is 19.2. The molecule has 1 aliphatic heterocycles. The molecular weight excluding hydrogens is 412 g/mol. The normalized spacial score (nSPS) is 14.8. The van der Waals surface area contributed by atoms with Crippen LogP contribution in [0.4, 0.5) is 5.82 Å². The molecule has 1 saturated heterocycles. The van der Waals surface area contributed by atoms with Crippen molar-refractivity contribution >= 4 is 28.3 Å². The van der Waals surface area contributed by atoms with Gasteiger partial charge < -0.3 is 19.4 Å². The first-order chi connectivity index (χ1) is 16.1. The van der Waals surface area contributed by atoms with E-state index in [1.54, 1.807) is 0 Å². The molecule has 0 aliphatic carbocycles. The highest BCUT2D eigenvalue weighted by molar-refractivity contribution is 5.85. The summed E-state index contributed by atoms with van der Waals surface area (Å²) in [5.41, 5.74) is 4.29. The molecule has 4 aromatic rings. The van der Waals surface area contributed by atoms with Crippen LogP contribution in [0.25, 0.3) is 16.6 Å². The molecule has 1 aliphatic rings. The molecule has 0 bridgehead atoms. The van der Waals surface area contributed by atoms with Gasteiger partial charge in [0.15, 0.2) is 5.82 Å². The van der Waals surface area contributed by atoms with Gasteiger partial charge in [-0.3, -0.25) is 4.79 Å². The minimum atomic E-state index is 0.0352. The maximum atomic E-state index is 12.8. The fraction of sp³-hybridized carbons (Fsp3) is 0.333. The summed E-state index contributed by atoms with van der Waals surface area (Å²) in [6.07, 6.45) is 3.90. The van der Waals surface area contributed by atoms with E-state index in [0.717, 1.165) is 59.6 Å². The second-order valence-corrected chi connectivity index (χ2v) is 8.98. The number of piperidine rings is 1. The van der Waals surface area contributed by atoms with Gasteiger partial charge in [-0.2, -0.15) is 0 Å². The van der Waals surface area contributed by atoms with Gasteiger partial charge in [0, 0.05) is 31.7 Å². The summed E-state index contributed by atoms with van der Waals surface area (Å²) in [7, 11) is 0. The molecule has 1 amide bonds. The van der Waals surface area contributed by atoms with E-state index in [-0.39, 0.29) is 17.9 Å². The summed E-state index contributed by atoms with van der Waals surface area (Å²) in [6, 6.07) is 20.3. The molecule has 2 aromatic heterocycles. The lowest BCUT2D eigenvalue weighted by Crippen LogP contribution is -2.40. The third kappa shape index (κ3) is 4.51. The first kappa shape index (κ1) is 21.3. The maximum absolute atomic E-state index is 12.8. The Morgan fingerprint density at radius 2 is 1.76 bits per heavy atom. The van der Waals surface area contributed by atoms with Gasteiger partial charge >= 0.3 is 0 Å². The number of para-hydroxylation sites is 2. The Morgan fingerprint density at radius 3 is 2.52 bits per heavy atom. The summed E-state index contributed by atoms with van der Waals surface area (Å²) in [6.45, 7) is 6.21. The van der Waals surface area contributed by atoms with Crippen molar-refractivity contribution in [3.05, 3.63) is 72.4 Å². The number of fused-ring (bicyclic) bond motifs is 3. The van der Waals surface area contributed by atoms with Gasteiger partial charge in [-0.1, -0.05) is 24.3 Å². The number of aromatic nitrogens is 2. The van der Waals surface area contributed by atoms with Crippen LogP contribution in [0.3, 0.4) is 0 Å². The first-order valence-corrected chi connectivity index (χ1v) is 11.7. The van der Waals surface area contributed by atoms with E-state index in [1.165, 1.54) is 0 Å². The summed E-state index contributed by atoms with van der Waals surface area (Å²) >= 11 is 0. The second kappa shape index (κ2) is 9.14. The van der Waals surface area contributed by atoms with Crippen molar-refractivity contribution < 1.29 is 9.53 Å². The number of ether oxygens (including phenoxy) is 1. The molecule has 6 nitrogen and oxygen atoms in total. The van der Waals surface area contributed by atoms with Gasteiger partial charge in [0.2, 0.25) is 5.91 Å². The summed E-state index contributed by atoms with van der Waals surface area (Å²) < 4.78 is 7.89. The van der Waals surface area contributed by atoms with Crippen molar-refractivity contribution in [1.82, 2.24) is 14.7 Å². The molecule has 5 rings (SSSR count). The lowest BCUT2D eigenvalue weighted by atomic mass is 9.95. The van der Waals surface area contributed by atoms with Crippen molar-refractivity contribution in [2.75, 3.05) is 18.0 Å². The van der Waals surface area contributed by atoms with Gasteiger partial charge in [0.25, 0.3) is 0 Å². The molecule has 0 radical (unpaired) electrons. The van der Waals surface area contributed by atoms with E-state index in [1.807, 2.05) is 50.2 Å². The summed E-state index contributed by atoms with van der Waals surface area (Å²) in [5, 5.41) is 3.12. The molecule has 0 atom stereocenters. The van der Waals surface area contributed by atoms with Crippen LogP contribution in [0.2, 0.25) is 0 Å². The van der Waals surface area contributed by atoms with Crippen LogP contribution in [0, 0.1) is 5.92 Å². The fourth-order valence-corrected chi connectivity index (χ4v) is 4.58. The van der Waals surface area contributed by atoms with Crippen LogP contribution in [0.1, 0.15) is 32.3 Å². The Morgan fingerprint density at radius 1 is 1.03 bits per heavy atom. The standard InChI is InChI=1S/C27H30N4O2/c1-19(2)33-22-11-9-20(10-12-22)18-28-27(32)21-13-16-30(17-14-21)26-25-8-5-15-31(25)24-7-4-3-6-23(24)29-26/h3-12,15,19,21H,13-14,16-18H2,1-2H3,(H,28,32). The number of carbonyl (C=O) groups is 1. The van der Waals surface area contributed by atoms with E-state index < -0.39 is 0 Å². The van der Waals surface area contributed by atoms with Crippen LogP contribution in [0.15, 0.2) is 66.9 Å². The molecule has 3 heterocycles. The van der Waals surface area contributed by atoms with E-state index >= 15 is 0 Å². The Balaban J connectivity index is 1.20. The van der Waals surface area contributed by atoms with Crippen LogP contribution in [0.5, 0.6) is 5.75 Å². The number of hydrogen-bond acceptors (Lipinski definition) is 4. The molecule has 6 heteroatoms. The molecule has 33 heavy (non-hydrogen) atoms. The predicted molar refractivity (Wildman–Crippen MR) is 132 cm³/mol. The number of amides is 1. The lowest BCUT2D eigenvalue weighted by molar-refractivity contribution is -0.125. The number of benzene rings is 2. The molecule has 0 saturated carbocycles. The fourth-order valence-electron chi connectivity index (χ4n) is 4.58. The third-order valence-corrected chi connectivity index (χ3v) is 6.27. The number of anilines is 1. The predicted octanol–water partition coefficient (Wildman–Crippen LogP) is 4.81. The molecule has 170 valence electrons. The Labute approximate surface area is 194 Å². The zero-order valence-electron chi connectivity index (χ0n) is 19.2. The van der Waals surface area contributed by atoms with Crippen LogP contribution >= 0.6 is 0 Å². The smallest absolute Gasteiger partial charge is 0.223 e. The van der Waals surface area contributed by atoms with Gasteiger partial charge in [-0.25, -0.2) is 4.98 Å². The van der Waals surface area contributed by atoms with Crippen LogP contribution < -0.4 is 15.0 Å². The number of nitrogens with one attached hydrogen (secondary N) is 1. The van der Waals surface area contributed by atoms with Gasteiger partial charge in [-0.15, -0.1) is 0 Å². The van der Waals surface area contributed by atoms with Crippen molar-refractivity contribution in [2.24, 2.45) is 5.92 Å². The van der Waals surface area contributed by atoms with Crippen molar-refractivity contribution in [2.45, 2.75) is 39.3 Å². The SMILES string of the molecule is CC(C)Oc1ccc(CNC(=O)C2CCN(c3nc4ccccc4n4cccc34)CC2)cc1. The lowest BCUT2D eigenvalue weighted by Gasteiger charge is -2.32. The molecule has 1 N–H and O–H groups in total. The van der Waals surface area contributed by atoms with E-state index in [4.69, 9.17) is 9.72 Å². The quantitative estimate of drug-likeness (QED) is 0.466. The van der Waals surface area contributed by atoms with Gasteiger partial charge in [0.1, 0.15) is 5.75 Å². The average molecular weight is 443 g/mol. The summed E-state index contributed by atoms with van der Waals surface area (Å²) in [5.74, 6) is 2.03. The number of carbonyl (C=O) groups excluding carboxylic acids is 1. The number of rotatable bonds is 6. The molecule has 2 aromatic carbocycles. The molecular formula is C27H30N4O2. The highest BCUT2D eigenvalue weighted by Gasteiger charge is 2.26. The van der Waals surface area contributed by atoms with Crippen molar-refractivity contribution in [1.29, 1.82) is 0 Å². The molecule has 0 spiro atoms. The van der Waals surface area contributed by atoms with Gasteiger partial charge in [-0.05, 0) is 68.7 Å². The van der Waals surface area contributed by atoms with E-state index in [9.17, 15) is 4.79 Å². The number of nitrogens with zero attached hydrogens (tertiary/aromatic N) is 3. The highest BCUT2D eigenvalue weighted by atomic mass is 16.5. The van der Waals surface area contributed by atoms with Crippen molar-refractivity contribution in [3.63, 3.8) is 0 Å².